The van der Waals surface area contributed by atoms with Crippen molar-refractivity contribution in [1.82, 2.24) is 19.9 Å². The van der Waals surface area contributed by atoms with Gasteiger partial charge in [-0.25, -0.2) is 19.7 Å². The van der Waals surface area contributed by atoms with Gasteiger partial charge in [0.25, 0.3) is 5.91 Å². The second-order valence-corrected chi connectivity index (χ2v) is 9.06. The van der Waals surface area contributed by atoms with Crippen LogP contribution in [-0.4, -0.2) is 38.9 Å². The summed E-state index contributed by atoms with van der Waals surface area (Å²) in [7, 11) is 1.63. The van der Waals surface area contributed by atoms with Crippen LogP contribution in [0.25, 0.3) is 21.3 Å². The third-order valence-corrected chi connectivity index (χ3v) is 6.40. The van der Waals surface area contributed by atoms with E-state index >= 15 is 0 Å². The molecule has 3 N–H and O–H groups in total. The molecule has 5 aromatic rings. The average Bonchev–Trinajstić information content (AvgIpc) is 3.45. The highest BCUT2D eigenvalue weighted by molar-refractivity contribution is 7.18. The number of nitrogens with zero attached hydrogens (tertiary/aromatic N) is 4. The van der Waals surface area contributed by atoms with Crippen molar-refractivity contribution in [3.63, 3.8) is 0 Å². The van der Waals surface area contributed by atoms with Gasteiger partial charge in [0.15, 0.2) is 0 Å². The summed E-state index contributed by atoms with van der Waals surface area (Å²) in [6.07, 6.45) is 3.15. The fourth-order valence-electron chi connectivity index (χ4n) is 3.64. The number of anilines is 3. The first kappa shape index (κ1) is 21.5. The maximum Gasteiger partial charge on any atom is 0.327 e. The number of hydrogen-bond acceptors (Lipinski definition) is 6. The molecule has 0 spiro atoms. The molecule has 0 aliphatic rings. The number of aromatic nitrogens is 4. The van der Waals surface area contributed by atoms with Gasteiger partial charge in [0, 0.05) is 30.2 Å². The van der Waals surface area contributed by atoms with Crippen LogP contribution < -0.4 is 15.5 Å². The van der Waals surface area contributed by atoms with Gasteiger partial charge >= 0.3 is 6.03 Å². The predicted molar refractivity (Wildman–Crippen MR) is 135 cm³/mol. The highest BCUT2D eigenvalue weighted by Gasteiger charge is 2.18. The van der Waals surface area contributed by atoms with Crippen molar-refractivity contribution < 1.29 is 9.59 Å². The van der Waals surface area contributed by atoms with Crippen molar-refractivity contribution in [2.24, 2.45) is 0 Å². The minimum Gasteiger partial charge on any atom is -0.346 e. The molecule has 3 heterocycles. The van der Waals surface area contributed by atoms with Crippen LogP contribution in [0.3, 0.4) is 0 Å². The normalized spacial score (nSPS) is 11.0. The number of carbonyl (C=O) groups is 2. The zero-order valence-electron chi connectivity index (χ0n) is 18.7. The molecular weight excluding hydrogens is 450 g/mol. The van der Waals surface area contributed by atoms with Gasteiger partial charge in [-0.3, -0.25) is 9.69 Å². The van der Waals surface area contributed by atoms with Crippen LogP contribution in [0.15, 0.2) is 55.0 Å². The Bertz CT molecular complexity index is 1560. The number of urea groups is 1. The van der Waals surface area contributed by atoms with E-state index in [1.165, 1.54) is 11.2 Å². The Labute approximate surface area is 198 Å². The van der Waals surface area contributed by atoms with E-state index in [1.54, 1.807) is 42.8 Å². The second-order valence-electron chi connectivity index (χ2n) is 7.83. The number of hydrogen-bond donors (Lipinski definition) is 3. The van der Waals surface area contributed by atoms with Crippen LogP contribution in [0.5, 0.6) is 0 Å². The first-order chi connectivity index (χ1) is 16.4. The van der Waals surface area contributed by atoms with Crippen LogP contribution in [0.4, 0.5) is 22.0 Å². The molecule has 2 aromatic carbocycles. The van der Waals surface area contributed by atoms with Crippen molar-refractivity contribution >= 4 is 61.7 Å². The smallest absolute Gasteiger partial charge is 0.327 e. The third kappa shape index (κ3) is 4.06. The Balaban J connectivity index is 1.34. The van der Waals surface area contributed by atoms with Gasteiger partial charge in [-0.05, 0) is 55.8 Å². The molecular formula is C24H21N7O2S. The van der Waals surface area contributed by atoms with E-state index in [0.29, 0.717) is 28.4 Å². The molecule has 34 heavy (non-hydrogen) atoms. The Morgan fingerprint density at radius 2 is 1.88 bits per heavy atom. The first-order valence-electron chi connectivity index (χ1n) is 10.5. The van der Waals surface area contributed by atoms with Gasteiger partial charge in [-0.2, -0.15) is 0 Å². The topological polar surface area (TPSA) is 116 Å². The maximum absolute atomic E-state index is 13.0. The van der Waals surface area contributed by atoms with E-state index in [1.807, 2.05) is 38.1 Å². The van der Waals surface area contributed by atoms with E-state index in [9.17, 15) is 9.59 Å². The van der Waals surface area contributed by atoms with Gasteiger partial charge in [0.05, 0.1) is 20.6 Å². The standard InChI is InChI=1S/C24H21N7O2S/c1-13-4-5-15(23(32)29-16-6-7-20-19(11-16)28-14(2)34-20)10-18(13)30-24(33)31(3)22-17-8-9-25-21(17)26-12-27-22/h4-12H,1-3H3,(H,29,32)(H,30,33)(H,25,26,27). The monoisotopic (exact) mass is 471 g/mol. The minimum atomic E-state index is -0.383. The molecule has 170 valence electrons. The van der Waals surface area contributed by atoms with Crippen molar-refractivity contribution in [3.05, 3.63) is 71.1 Å². The highest BCUT2D eigenvalue weighted by atomic mass is 32.1. The lowest BCUT2D eigenvalue weighted by molar-refractivity contribution is 0.102. The summed E-state index contributed by atoms with van der Waals surface area (Å²) in [5.74, 6) is 0.197. The Hall–Kier alpha value is -4.31. The largest absolute Gasteiger partial charge is 0.346 e. The molecule has 3 aromatic heterocycles. The molecule has 0 unspecified atom stereocenters. The number of rotatable bonds is 4. The van der Waals surface area contributed by atoms with E-state index in [-0.39, 0.29) is 11.9 Å². The van der Waals surface area contributed by atoms with Crippen LogP contribution in [-0.2, 0) is 0 Å². The molecule has 0 fully saturated rings. The number of fused-ring (bicyclic) bond motifs is 2. The van der Waals surface area contributed by atoms with Gasteiger partial charge in [-0.15, -0.1) is 11.3 Å². The lowest BCUT2D eigenvalue weighted by atomic mass is 10.1. The molecule has 3 amide bonds. The van der Waals surface area contributed by atoms with Crippen molar-refractivity contribution in [2.45, 2.75) is 13.8 Å². The quantitative estimate of drug-likeness (QED) is 0.337. The molecule has 0 aliphatic carbocycles. The number of amides is 3. The molecule has 0 atom stereocenters. The van der Waals surface area contributed by atoms with E-state index in [0.717, 1.165) is 26.2 Å². The minimum absolute atomic E-state index is 0.278. The molecule has 0 saturated carbocycles. The SMILES string of the molecule is Cc1nc2cc(NC(=O)c3ccc(C)c(NC(=O)N(C)c4ncnc5[nH]ccc45)c3)ccc2s1. The Kier molecular flexibility index (Phi) is 5.42. The van der Waals surface area contributed by atoms with Crippen LogP contribution in [0, 0.1) is 13.8 Å². The molecule has 0 aliphatic heterocycles. The average molecular weight is 472 g/mol. The lowest BCUT2D eigenvalue weighted by Crippen LogP contribution is -2.32. The molecule has 0 radical (unpaired) electrons. The van der Waals surface area contributed by atoms with E-state index < -0.39 is 0 Å². The lowest BCUT2D eigenvalue weighted by Gasteiger charge is -2.19. The summed E-state index contributed by atoms with van der Waals surface area (Å²) < 4.78 is 1.07. The number of benzene rings is 2. The summed E-state index contributed by atoms with van der Waals surface area (Å²) in [5.41, 5.74) is 3.94. The maximum atomic E-state index is 13.0. The summed E-state index contributed by atoms with van der Waals surface area (Å²) in [4.78, 5) is 43.2. The zero-order valence-corrected chi connectivity index (χ0v) is 19.5. The van der Waals surface area contributed by atoms with Gasteiger partial charge in [0.1, 0.15) is 17.8 Å². The van der Waals surface area contributed by atoms with Gasteiger partial charge in [-0.1, -0.05) is 6.07 Å². The number of H-pyrrole nitrogens is 1. The van der Waals surface area contributed by atoms with E-state index in [2.05, 4.69) is 30.6 Å². The number of thiazole rings is 1. The summed E-state index contributed by atoms with van der Waals surface area (Å²) in [6, 6.07) is 12.3. The molecule has 9 nitrogen and oxygen atoms in total. The van der Waals surface area contributed by atoms with Crippen molar-refractivity contribution in [2.75, 3.05) is 22.6 Å². The fourth-order valence-corrected chi connectivity index (χ4v) is 4.45. The first-order valence-corrected chi connectivity index (χ1v) is 11.3. The van der Waals surface area contributed by atoms with Crippen LogP contribution >= 0.6 is 11.3 Å². The van der Waals surface area contributed by atoms with Crippen LogP contribution in [0.1, 0.15) is 20.9 Å². The summed E-state index contributed by atoms with van der Waals surface area (Å²) >= 11 is 1.61. The van der Waals surface area contributed by atoms with Gasteiger partial charge < -0.3 is 15.6 Å². The number of aromatic amines is 1. The summed E-state index contributed by atoms with van der Waals surface area (Å²) in [5, 5.41) is 7.49. The molecule has 5 rings (SSSR count). The number of carbonyl (C=O) groups excluding carboxylic acids is 2. The number of aryl methyl sites for hydroxylation is 2. The van der Waals surface area contributed by atoms with E-state index in [4.69, 9.17) is 0 Å². The molecule has 0 bridgehead atoms. The van der Waals surface area contributed by atoms with Crippen molar-refractivity contribution in [1.29, 1.82) is 0 Å². The highest BCUT2D eigenvalue weighted by Crippen LogP contribution is 2.26. The molecule has 0 saturated heterocycles. The Morgan fingerprint density at radius 1 is 1.03 bits per heavy atom. The van der Waals surface area contributed by atoms with Gasteiger partial charge in [0.2, 0.25) is 0 Å². The molecule has 10 heteroatoms. The fraction of sp³-hybridized carbons (Fsp3) is 0.125. The van der Waals surface area contributed by atoms with Crippen LogP contribution in [0.2, 0.25) is 0 Å². The second kappa shape index (κ2) is 8.56. The summed E-state index contributed by atoms with van der Waals surface area (Å²) in [6.45, 7) is 3.82. The third-order valence-electron chi connectivity index (χ3n) is 5.45. The zero-order chi connectivity index (χ0) is 23.8. The predicted octanol–water partition coefficient (Wildman–Crippen LogP) is 5.11. The number of nitrogens with one attached hydrogen (secondary N) is 3. The van der Waals surface area contributed by atoms with Crippen molar-refractivity contribution in [3.8, 4) is 0 Å². The Morgan fingerprint density at radius 3 is 2.74 bits per heavy atom.